The molecule has 4 rings (SSSR count). The number of fused-ring (bicyclic) bond motifs is 3. The zero-order chi connectivity index (χ0) is 22.8. The second kappa shape index (κ2) is 6.97. The van der Waals surface area contributed by atoms with Crippen LogP contribution < -0.4 is 11.2 Å². The van der Waals surface area contributed by atoms with Gasteiger partial charge in [-0.05, 0) is 57.9 Å². The van der Waals surface area contributed by atoms with Crippen LogP contribution >= 0.6 is 0 Å². The summed E-state index contributed by atoms with van der Waals surface area (Å²) < 4.78 is 10.7. The third-order valence-electron chi connectivity index (χ3n) is 5.86. The van der Waals surface area contributed by atoms with Gasteiger partial charge in [-0.15, -0.1) is 0 Å². The van der Waals surface area contributed by atoms with Gasteiger partial charge in [-0.3, -0.25) is 18.3 Å². The zero-order valence-corrected chi connectivity index (χ0v) is 18.7. The lowest BCUT2D eigenvalue weighted by Crippen LogP contribution is -2.43. The van der Waals surface area contributed by atoms with Crippen LogP contribution in [0.5, 0.6) is 0 Å². The summed E-state index contributed by atoms with van der Waals surface area (Å²) in [5, 5.41) is 0. The van der Waals surface area contributed by atoms with Crippen molar-refractivity contribution in [2.75, 3.05) is 7.11 Å². The Balaban J connectivity index is 2.18. The Labute approximate surface area is 178 Å². The summed E-state index contributed by atoms with van der Waals surface area (Å²) in [5.74, 6) is -0.134. The molecule has 0 aliphatic carbocycles. The number of benzene rings is 1. The third-order valence-corrected chi connectivity index (χ3v) is 5.86. The molecule has 0 N–H and O–H groups in total. The van der Waals surface area contributed by atoms with Crippen LogP contribution in [0.25, 0.3) is 22.6 Å². The summed E-state index contributed by atoms with van der Waals surface area (Å²) in [5.41, 5.74) is 4.20. The molecule has 0 aliphatic heterocycles. The fraction of sp³-hybridized carbons (Fsp3) is 0.364. The molecule has 1 unspecified atom stereocenters. The minimum atomic E-state index is -1.06. The minimum Gasteiger partial charge on any atom is -0.467 e. The number of rotatable bonds is 3. The van der Waals surface area contributed by atoms with Crippen molar-refractivity contribution in [3.63, 3.8) is 0 Å². The van der Waals surface area contributed by atoms with Crippen LogP contribution in [0.4, 0.5) is 0 Å². The Kier molecular flexibility index (Phi) is 4.64. The summed E-state index contributed by atoms with van der Waals surface area (Å²) in [6, 6.07) is 5.13. The molecule has 31 heavy (non-hydrogen) atoms. The van der Waals surface area contributed by atoms with Gasteiger partial charge in [0.05, 0.1) is 7.11 Å². The molecule has 1 atom stereocenters. The van der Waals surface area contributed by atoms with Gasteiger partial charge in [0.2, 0.25) is 5.78 Å². The highest BCUT2D eigenvalue weighted by Crippen LogP contribution is 2.26. The third kappa shape index (κ3) is 2.83. The molecule has 3 aromatic heterocycles. The number of methoxy groups -OCH3 is 1. The molecule has 0 spiro atoms. The summed E-state index contributed by atoms with van der Waals surface area (Å²) in [4.78, 5) is 43.1. The van der Waals surface area contributed by atoms with Crippen molar-refractivity contribution in [2.24, 2.45) is 7.05 Å². The molecule has 9 nitrogen and oxygen atoms in total. The highest BCUT2D eigenvalue weighted by atomic mass is 16.5. The van der Waals surface area contributed by atoms with Crippen LogP contribution in [0.2, 0.25) is 0 Å². The van der Waals surface area contributed by atoms with Crippen molar-refractivity contribution in [3.05, 3.63) is 61.6 Å². The first-order valence-corrected chi connectivity index (χ1v) is 9.96. The molecule has 0 bridgehead atoms. The Morgan fingerprint density at radius 3 is 2.23 bits per heavy atom. The molecule has 4 aromatic rings. The molecule has 162 valence electrons. The van der Waals surface area contributed by atoms with E-state index in [2.05, 4.69) is 23.2 Å². The molecule has 0 amide bonds. The fourth-order valence-corrected chi connectivity index (χ4v) is 4.22. The lowest BCUT2D eigenvalue weighted by atomic mass is 10.1. The fourth-order valence-electron chi connectivity index (χ4n) is 4.22. The van der Waals surface area contributed by atoms with Gasteiger partial charge < -0.3 is 4.74 Å². The first-order valence-electron chi connectivity index (χ1n) is 9.96. The van der Waals surface area contributed by atoms with Gasteiger partial charge >= 0.3 is 11.7 Å². The van der Waals surface area contributed by atoms with Crippen molar-refractivity contribution in [1.29, 1.82) is 0 Å². The Bertz CT molecular complexity index is 1480. The molecule has 0 radical (unpaired) electrons. The lowest BCUT2D eigenvalue weighted by molar-refractivity contribution is -0.144. The quantitative estimate of drug-likeness (QED) is 0.471. The van der Waals surface area contributed by atoms with Gasteiger partial charge in [0.1, 0.15) is 6.04 Å². The number of nitrogens with zero attached hydrogens (tertiary/aromatic N) is 5. The number of hydrogen-bond acceptors (Lipinski definition) is 5. The minimum absolute atomic E-state index is 0.247. The Morgan fingerprint density at radius 1 is 1.03 bits per heavy atom. The summed E-state index contributed by atoms with van der Waals surface area (Å²) >= 11 is 0. The number of imidazole rings is 2. The average Bonchev–Trinajstić information content (AvgIpc) is 3.20. The van der Waals surface area contributed by atoms with Crippen LogP contribution in [0.3, 0.4) is 0 Å². The first-order chi connectivity index (χ1) is 14.6. The maximum atomic E-state index is 13.4. The number of ether oxygens (including phenoxy) is 1. The standard InChI is InChI=1S/C22H25N5O4/c1-11-8-12(2)10-16(9-11)25-13(3)14(4)26-17-18(23-21(25)26)24(6)22(30)27(19(17)28)15(5)20(29)31-7/h8-10,15H,1-7H3. The van der Waals surface area contributed by atoms with E-state index in [4.69, 9.17) is 4.74 Å². The SMILES string of the molecule is COC(=O)C(C)n1c(=O)c2c(nc3n(-c4cc(C)cc(C)c4)c(C)c(C)n23)n(C)c1=O. The molecule has 9 heteroatoms. The lowest BCUT2D eigenvalue weighted by Gasteiger charge is -2.13. The van der Waals surface area contributed by atoms with Gasteiger partial charge in [-0.25, -0.2) is 14.2 Å². The monoisotopic (exact) mass is 423 g/mol. The average molecular weight is 423 g/mol. The number of esters is 1. The van der Waals surface area contributed by atoms with Crippen molar-refractivity contribution in [2.45, 2.75) is 40.7 Å². The summed E-state index contributed by atoms with van der Waals surface area (Å²) in [6.45, 7) is 9.39. The van der Waals surface area contributed by atoms with E-state index in [0.717, 1.165) is 32.8 Å². The van der Waals surface area contributed by atoms with E-state index in [1.54, 1.807) is 11.4 Å². The van der Waals surface area contributed by atoms with Gasteiger partial charge in [0, 0.05) is 24.1 Å². The summed E-state index contributed by atoms with van der Waals surface area (Å²) in [6.07, 6.45) is 0. The number of carbonyl (C=O) groups excluding carboxylic acids is 1. The van der Waals surface area contributed by atoms with E-state index in [9.17, 15) is 14.4 Å². The van der Waals surface area contributed by atoms with Gasteiger partial charge in [-0.2, -0.15) is 4.98 Å². The highest BCUT2D eigenvalue weighted by Gasteiger charge is 2.27. The molecule has 0 saturated heterocycles. The van der Waals surface area contributed by atoms with Gasteiger partial charge in [0.25, 0.3) is 5.56 Å². The smallest absolute Gasteiger partial charge is 0.333 e. The highest BCUT2D eigenvalue weighted by molar-refractivity contribution is 5.78. The number of hydrogen-bond donors (Lipinski definition) is 0. The molecule has 0 saturated carbocycles. The summed E-state index contributed by atoms with van der Waals surface area (Å²) in [7, 11) is 2.77. The van der Waals surface area contributed by atoms with Crippen molar-refractivity contribution in [1.82, 2.24) is 23.1 Å². The first kappa shape index (κ1) is 20.6. The van der Waals surface area contributed by atoms with E-state index in [-0.39, 0.29) is 11.2 Å². The molecular weight excluding hydrogens is 398 g/mol. The van der Waals surface area contributed by atoms with Crippen LogP contribution in [-0.4, -0.2) is 36.2 Å². The largest absolute Gasteiger partial charge is 0.467 e. The van der Waals surface area contributed by atoms with E-state index in [1.807, 2.05) is 32.3 Å². The molecule has 3 heterocycles. The predicted molar refractivity (Wildman–Crippen MR) is 117 cm³/mol. The number of aryl methyl sites for hydroxylation is 4. The van der Waals surface area contributed by atoms with E-state index in [0.29, 0.717) is 5.78 Å². The van der Waals surface area contributed by atoms with Crippen LogP contribution in [0.15, 0.2) is 27.8 Å². The van der Waals surface area contributed by atoms with Gasteiger partial charge in [0.15, 0.2) is 11.2 Å². The molecule has 0 aliphatic rings. The molecule has 1 aromatic carbocycles. The van der Waals surface area contributed by atoms with Crippen LogP contribution in [0, 0.1) is 27.7 Å². The van der Waals surface area contributed by atoms with E-state index < -0.39 is 23.3 Å². The maximum absolute atomic E-state index is 13.4. The number of aromatic nitrogens is 5. The van der Waals surface area contributed by atoms with E-state index in [1.165, 1.54) is 18.6 Å². The molecular formula is C22H25N5O4. The second-order valence-electron chi connectivity index (χ2n) is 7.99. The normalized spacial score (nSPS) is 12.6. The van der Waals surface area contributed by atoms with Crippen molar-refractivity contribution in [3.8, 4) is 5.69 Å². The number of carbonyl (C=O) groups is 1. The van der Waals surface area contributed by atoms with Crippen molar-refractivity contribution >= 4 is 22.9 Å². The molecule has 0 fully saturated rings. The maximum Gasteiger partial charge on any atom is 0.333 e. The second-order valence-corrected chi connectivity index (χ2v) is 7.99. The Morgan fingerprint density at radius 2 is 1.65 bits per heavy atom. The predicted octanol–water partition coefficient (Wildman–Crippen LogP) is 2.11. The van der Waals surface area contributed by atoms with E-state index >= 15 is 0 Å². The van der Waals surface area contributed by atoms with Crippen LogP contribution in [-0.2, 0) is 16.6 Å². The van der Waals surface area contributed by atoms with Crippen molar-refractivity contribution < 1.29 is 9.53 Å². The van der Waals surface area contributed by atoms with Gasteiger partial charge in [-0.1, -0.05) is 6.07 Å². The Hall–Kier alpha value is -3.62. The van der Waals surface area contributed by atoms with Crippen LogP contribution in [0.1, 0.15) is 35.5 Å². The zero-order valence-electron chi connectivity index (χ0n) is 18.7. The topological polar surface area (TPSA) is 92.5 Å².